The lowest BCUT2D eigenvalue weighted by Gasteiger charge is -2.26. The second-order valence-corrected chi connectivity index (χ2v) is 16.3. The van der Waals surface area contributed by atoms with Crippen molar-refractivity contribution in [2.24, 2.45) is 0 Å². The number of hydrogen-bond acceptors (Lipinski definition) is 3. The highest BCUT2D eigenvalue weighted by molar-refractivity contribution is 7.26. The molecule has 11 rings (SSSR count). The third-order valence-electron chi connectivity index (χ3n) is 10.9. The van der Waals surface area contributed by atoms with Crippen LogP contribution in [0.25, 0.3) is 84.5 Å². The third-order valence-corrected chi connectivity index (χ3v) is 13.2. The van der Waals surface area contributed by atoms with E-state index in [4.69, 9.17) is 0 Å². The maximum absolute atomic E-state index is 2.44. The minimum absolute atomic E-state index is 1.14. The zero-order valence-corrected chi connectivity index (χ0v) is 31.4. The molecule has 0 fully saturated rings. The fraction of sp³-hybridized carbons (Fsp3) is 0. The van der Waals surface area contributed by atoms with Crippen LogP contribution in [-0.4, -0.2) is 0 Å². The van der Waals surface area contributed by atoms with E-state index in [1.54, 1.807) is 0 Å². The first-order chi connectivity index (χ1) is 27.2. The Bertz CT molecular complexity index is 3200. The molecule has 11 aromatic rings. The van der Waals surface area contributed by atoms with Crippen molar-refractivity contribution in [3.8, 4) is 33.4 Å². The maximum Gasteiger partial charge on any atom is 0.0640 e. The monoisotopic (exact) mass is 735 g/mol. The predicted octanol–water partition coefficient (Wildman–Crippen LogP) is 16.0. The van der Waals surface area contributed by atoms with Gasteiger partial charge in [-0.25, -0.2) is 0 Å². The van der Waals surface area contributed by atoms with Crippen molar-refractivity contribution >= 4 is 90.9 Å². The Balaban J connectivity index is 0.955. The van der Waals surface area contributed by atoms with Gasteiger partial charge in [0, 0.05) is 47.0 Å². The molecule has 0 radical (unpaired) electrons. The van der Waals surface area contributed by atoms with Crippen molar-refractivity contribution in [2.45, 2.75) is 0 Å². The SMILES string of the molecule is c1cc(-c2ccc(-c3ccc(N(c4ccc5c(c4)sc4ccccc45)c4cccc5c4sc4ccccc45)cc3)cc2)cc(-c2ccc3ccccc3c2)c1. The summed E-state index contributed by atoms with van der Waals surface area (Å²) in [5.74, 6) is 0. The summed E-state index contributed by atoms with van der Waals surface area (Å²) in [6.07, 6.45) is 0. The molecule has 0 bridgehead atoms. The molecule has 0 N–H and O–H groups in total. The molecule has 55 heavy (non-hydrogen) atoms. The molecule has 0 aliphatic heterocycles. The van der Waals surface area contributed by atoms with Crippen LogP contribution < -0.4 is 4.90 Å². The van der Waals surface area contributed by atoms with Gasteiger partial charge >= 0.3 is 0 Å². The van der Waals surface area contributed by atoms with Crippen molar-refractivity contribution in [1.82, 2.24) is 0 Å². The lowest BCUT2D eigenvalue weighted by Crippen LogP contribution is -2.09. The van der Waals surface area contributed by atoms with E-state index in [0.29, 0.717) is 0 Å². The van der Waals surface area contributed by atoms with E-state index in [2.05, 4.69) is 205 Å². The number of nitrogens with zero attached hydrogens (tertiary/aromatic N) is 1. The van der Waals surface area contributed by atoms with Crippen LogP contribution >= 0.6 is 22.7 Å². The first-order valence-corrected chi connectivity index (χ1v) is 20.3. The van der Waals surface area contributed by atoms with Gasteiger partial charge in [-0.3, -0.25) is 0 Å². The number of rotatable bonds is 6. The third kappa shape index (κ3) is 5.60. The number of hydrogen-bond donors (Lipinski definition) is 0. The summed E-state index contributed by atoms with van der Waals surface area (Å²) in [7, 11) is 0. The smallest absolute Gasteiger partial charge is 0.0640 e. The molecule has 9 aromatic carbocycles. The van der Waals surface area contributed by atoms with Crippen LogP contribution in [0.1, 0.15) is 0 Å². The average Bonchev–Trinajstić information content (AvgIpc) is 3.83. The summed E-state index contributed by atoms with van der Waals surface area (Å²) in [6.45, 7) is 0. The Morgan fingerprint density at radius 2 is 0.818 bits per heavy atom. The van der Waals surface area contributed by atoms with Crippen LogP contribution in [0.4, 0.5) is 17.1 Å². The van der Waals surface area contributed by atoms with E-state index in [1.165, 1.54) is 90.2 Å². The Morgan fingerprint density at radius 3 is 1.60 bits per heavy atom. The van der Waals surface area contributed by atoms with Crippen molar-refractivity contribution in [1.29, 1.82) is 0 Å². The minimum atomic E-state index is 1.14. The van der Waals surface area contributed by atoms with Gasteiger partial charge in [0.15, 0.2) is 0 Å². The Labute approximate surface area is 327 Å². The van der Waals surface area contributed by atoms with Crippen LogP contribution in [0.3, 0.4) is 0 Å². The van der Waals surface area contributed by atoms with Gasteiger partial charge in [-0.1, -0.05) is 146 Å². The highest BCUT2D eigenvalue weighted by Crippen LogP contribution is 2.46. The van der Waals surface area contributed by atoms with E-state index in [0.717, 1.165) is 11.4 Å². The molecule has 2 heterocycles. The molecule has 0 aliphatic rings. The molecule has 3 heteroatoms. The Morgan fingerprint density at radius 1 is 0.291 bits per heavy atom. The van der Waals surface area contributed by atoms with Gasteiger partial charge < -0.3 is 4.90 Å². The normalized spacial score (nSPS) is 11.6. The molecular weight excluding hydrogens is 703 g/mol. The lowest BCUT2D eigenvalue weighted by atomic mass is 9.96. The number of anilines is 3. The fourth-order valence-electron chi connectivity index (χ4n) is 8.09. The van der Waals surface area contributed by atoms with Crippen LogP contribution in [0.15, 0.2) is 200 Å². The largest absolute Gasteiger partial charge is 0.309 e. The molecule has 0 atom stereocenters. The first kappa shape index (κ1) is 32.0. The second kappa shape index (κ2) is 13.1. The van der Waals surface area contributed by atoms with Gasteiger partial charge in [0.25, 0.3) is 0 Å². The van der Waals surface area contributed by atoms with Crippen molar-refractivity contribution in [3.63, 3.8) is 0 Å². The molecule has 2 aromatic heterocycles. The first-order valence-electron chi connectivity index (χ1n) is 18.7. The molecule has 0 aliphatic carbocycles. The van der Waals surface area contributed by atoms with Gasteiger partial charge in [-0.2, -0.15) is 0 Å². The highest BCUT2D eigenvalue weighted by Gasteiger charge is 2.19. The fourth-order valence-corrected chi connectivity index (χ4v) is 10.4. The van der Waals surface area contributed by atoms with Gasteiger partial charge in [0.05, 0.1) is 10.4 Å². The van der Waals surface area contributed by atoms with Crippen molar-refractivity contribution in [2.75, 3.05) is 4.90 Å². The van der Waals surface area contributed by atoms with E-state index < -0.39 is 0 Å². The topological polar surface area (TPSA) is 3.24 Å². The van der Waals surface area contributed by atoms with E-state index in [-0.39, 0.29) is 0 Å². The molecule has 0 saturated heterocycles. The second-order valence-electron chi connectivity index (χ2n) is 14.1. The molecule has 0 unspecified atom stereocenters. The zero-order chi connectivity index (χ0) is 36.3. The van der Waals surface area contributed by atoms with Gasteiger partial charge in [0.1, 0.15) is 0 Å². The summed E-state index contributed by atoms with van der Waals surface area (Å²) in [5.41, 5.74) is 10.8. The number of thiophene rings is 2. The standard InChI is InChI=1S/C52H33NS2/c1-2-10-38-32-41(24-23-34(38)9-1)40-12-7-11-39(31-40)37-21-19-35(20-22-37)36-25-27-42(28-26-36)53(43-29-30-46-44-13-3-5-17-49(44)54-51(46)33-43)48-16-8-15-47-45-14-4-6-18-50(45)55-52(47)48/h1-33H. The summed E-state index contributed by atoms with van der Waals surface area (Å²) in [5, 5.41) is 7.76. The van der Waals surface area contributed by atoms with Crippen molar-refractivity contribution < 1.29 is 0 Å². The molecule has 258 valence electrons. The van der Waals surface area contributed by atoms with Gasteiger partial charge in [-0.15, -0.1) is 22.7 Å². The Kier molecular flexibility index (Phi) is 7.61. The predicted molar refractivity (Wildman–Crippen MR) is 241 cm³/mol. The van der Waals surface area contributed by atoms with Gasteiger partial charge in [-0.05, 0) is 98.8 Å². The maximum atomic E-state index is 2.44. The Hall–Kier alpha value is -6.52. The van der Waals surface area contributed by atoms with Crippen LogP contribution in [0, 0.1) is 0 Å². The van der Waals surface area contributed by atoms with Gasteiger partial charge in [0.2, 0.25) is 0 Å². The number of fused-ring (bicyclic) bond motifs is 7. The highest BCUT2D eigenvalue weighted by atomic mass is 32.1. The van der Waals surface area contributed by atoms with E-state index >= 15 is 0 Å². The summed E-state index contributed by atoms with van der Waals surface area (Å²) in [4.78, 5) is 2.44. The molecular formula is C52H33NS2. The van der Waals surface area contributed by atoms with Crippen LogP contribution in [-0.2, 0) is 0 Å². The molecule has 0 saturated carbocycles. The average molecular weight is 736 g/mol. The van der Waals surface area contributed by atoms with E-state index in [1.807, 2.05) is 22.7 Å². The minimum Gasteiger partial charge on any atom is -0.309 e. The molecule has 0 amide bonds. The zero-order valence-electron chi connectivity index (χ0n) is 29.8. The lowest BCUT2D eigenvalue weighted by molar-refractivity contribution is 1.31. The van der Waals surface area contributed by atoms with Crippen LogP contribution in [0.5, 0.6) is 0 Å². The van der Waals surface area contributed by atoms with Crippen LogP contribution in [0.2, 0.25) is 0 Å². The molecule has 0 spiro atoms. The summed E-state index contributed by atoms with van der Waals surface area (Å²) < 4.78 is 5.22. The van der Waals surface area contributed by atoms with Crippen molar-refractivity contribution in [3.05, 3.63) is 200 Å². The summed E-state index contributed by atoms with van der Waals surface area (Å²) >= 11 is 3.74. The molecule has 1 nitrogen and oxygen atoms in total. The summed E-state index contributed by atoms with van der Waals surface area (Å²) in [6, 6.07) is 73.4. The number of benzene rings is 9. The quantitative estimate of drug-likeness (QED) is 0.164. The van der Waals surface area contributed by atoms with E-state index in [9.17, 15) is 0 Å².